The second-order valence-electron chi connectivity index (χ2n) is 11.1. The zero-order valence-corrected chi connectivity index (χ0v) is 24.1. The van der Waals surface area contributed by atoms with Crippen LogP contribution in [0.25, 0.3) is 27.8 Å². The molecule has 1 N–H and O–H groups in total. The number of anilines is 1. The predicted octanol–water partition coefficient (Wildman–Crippen LogP) is 7.22. The Morgan fingerprint density at radius 2 is 1.92 bits per heavy atom. The van der Waals surface area contributed by atoms with Crippen LogP contribution in [-0.2, 0) is 4.74 Å². The Kier molecular flexibility index (Phi) is 7.18. The first kappa shape index (κ1) is 26.2. The first-order chi connectivity index (χ1) is 18.1. The number of carbonyl (C=O) groups excluding carboxylic acids is 1. The van der Waals surface area contributed by atoms with Crippen LogP contribution in [0, 0.1) is 12.8 Å². The van der Waals surface area contributed by atoms with Crippen LogP contribution < -0.4 is 5.32 Å². The van der Waals surface area contributed by atoms with Gasteiger partial charge in [0.1, 0.15) is 5.60 Å². The molecule has 1 fully saturated rings. The zero-order chi connectivity index (χ0) is 27.0. The third-order valence-electron chi connectivity index (χ3n) is 6.95. The van der Waals surface area contributed by atoms with E-state index < -0.39 is 5.60 Å². The first-order valence-electron chi connectivity index (χ1n) is 13.0. The van der Waals surface area contributed by atoms with Crippen molar-refractivity contribution in [3.05, 3.63) is 71.0 Å². The number of amides is 1. The highest BCUT2D eigenvalue weighted by atomic mass is 79.9. The minimum Gasteiger partial charge on any atom is -0.444 e. The van der Waals surface area contributed by atoms with Gasteiger partial charge in [0.05, 0.1) is 11.2 Å². The fraction of sp³-hybridized carbons (Fsp3) is 0.367. The number of nitrogens with one attached hydrogen (secondary N) is 1. The second kappa shape index (κ2) is 10.4. The van der Waals surface area contributed by atoms with E-state index in [4.69, 9.17) is 9.72 Å². The molecule has 1 saturated heterocycles. The van der Waals surface area contributed by atoms with E-state index in [9.17, 15) is 4.79 Å². The van der Waals surface area contributed by atoms with Crippen molar-refractivity contribution < 1.29 is 9.53 Å². The van der Waals surface area contributed by atoms with Gasteiger partial charge in [0.2, 0.25) is 5.95 Å². The fourth-order valence-corrected chi connectivity index (χ4v) is 5.24. The van der Waals surface area contributed by atoms with E-state index in [-0.39, 0.29) is 12.1 Å². The number of para-hydroxylation sites is 1. The Morgan fingerprint density at radius 1 is 1.16 bits per heavy atom. The molecule has 2 aromatic carbocycles. The molecule has 0 spiro atoms. The number of likely N-dealkylation sites (tertiary alicyclic amines) is 1. The number of ether oxygens (including phenoxy) is 1. The van der Waals surface area contributed by atoms with Crippen LogP contribution in [0.15, 0.2) is 65.4 Å². The molecule has 198 valence electrons. The Labute approximate surface area is 232 Å². The highest BCUT2D eigenvalue weighted by molar-refractivity contribution is 9.10. The van der Waals surface area contributed by atoms with E-state index in [1.165, 1.54) is 0 Å². The monoisotopic (exact) mass is 575 g/mol. The normalized spacial score (nSPS) is 18.0. The lowest BCUT2D eigenvalue weighted by Gasteiger charge is -2.38. The fourth-order valence-electron chi connectivity index (χ4n) is 4.89. The molecular weight excluding hydrogens is 542 g/mol. The van der Waals surface area contributed by atoms with Crippen LogP contribution in [0.2, 0.25) is 0 Å². The molecule has 0 aliphatic carbocycles. The van der Waals surface area contributed by atoms with Crippen molar-refractivity contribution in [3.8, 4) is 16.9 Å². The van der Waals surface area contributed by atoms with Gasteiger partial charge >= 0.3 is 6.09 Å². The van der Waals surface area contributed by atoms with Crippen LogP contribution in [0.3, 0.4) is 0 Å². The van der Waals surface area contributed by atoms with Gasteiger partial charge in [-0.3, -0.25) is 0 Å². The van der Waals surface area contributed by atoms with Gasteiger partial charge in [0.15, 0.2) is 0 Å². The summed E-state index contributed by atoms with van der Waals surface area (Å²) in [6, 6.07) is 16.7. The van der Waals surface area contributed by atoms with Gasteiger partial charge < -0.3 is 19.5 Å². The average molecular weight is 577 g/mol. The van der Waals surface area contributed by atoms with Crippen LogP contribution in [0.1, 0.15) is 39.7 Å². The summed E-state index contributed by atoms with van der Waals surface area (Å²) in [5.74, 6) is 0.922. The largest absolute Gasteiger partial charge is 0.444 e. The van der Waals surface area contributed by atoms with E-state index in [2.05, 4.69) is 74.3 Å². The summed E-state index contributed by atoms with van der Waals surface area (Å²) in [6.45, 7) is 11.1. The Morgan fingerprint density at radius 3 is 2.66 bits per heavy atom. The molecule has 1 aliphatic heterocycles. The number of carbonyl (C=O) groups is 1. The number of halogens is 1. The predicted molar refractivity (Wildman–Crippen MR) is 156 cm³/mol. The second-order valence-corrected chi connectivity index (χ2v) is 12.0. The van der Waals surface area contributed by atoms with Gasteiger partial charge in [-0.2, -0.15) is 0 Å². The molecule has 38 heavy (non-hydrogen) atoms. The molecule has 2 atom stereocenters. The average Bonchev–Trinajstić information content (AvgIpc) is 3.24. The van der Waals surface area contributed by atoms with Crippen LogP contribution >= 0.6 is 15.9 Å². The molecule has 1 unspecified atom stereocenters. The number of aryl methyl sites for hydroxylation is 1. The van der Waals surface area contributed by atoms with Gasteiger partial charge in [-0.1, -0.05) is 47.1 Å². The van der Waals surface area contributed by atoms with Gasteiger partial charge in [-0.15, -0.1) is 0 Å². The maximum absolute atomic E-state index is 12.7. The lowest BCUT2D eigenvalue weighted by Crippen LogP contribution is -2.50. The van der Waals surface area contributed by atoms with E-state index in [1.54, 1.807) is 4.90 Å². The summed E-state index contributed by atoms with van der Waals surface area (Å²) in [5, 5.41) is 4.64. The quantitative estimate of drug-likeness (QED) is 0.278. The zero-order valence-electron chi connectivity index (χ0n) is 22.5. The number of fused-ring (bicyclic) bond motifs is 1. The number of aromatic nitrogens is 3. The van der Waals surface area contributed by atoms with Crippen molar-refractivity contribution in [2.75, 3.05) is 18.4 Å². The van der Waals surface area contributed by atoms with Gasteiger partial charge in [-0.05, 0) is 69.9 Å². The number of benzene rings is 2. The van der Waals surface area contributed by atoms with Crippen LogP contribution in [0.4, 0.5) is 10.7 Å². The van der Waals surface area contributed by atoms with Crippen molar-refractivity contribution in [2.45, 2.75) is 52.7 Å². The van der Waals surface area contributed by atoms with Crippen molar-refractivity contribution in [3.63, 3.8) is 0 Å². The number of piperidine rings is 1. The number of hydrogen-bond acceptors (Lipinski definition) is 5. The molecular formula is C30H34BrN5O2. The molecule has 3 heterocycles. The van der Waals surface area contributed by atoms with Crippen LogP contribution in [0.5, 0.6) is 0 Å². The standard InChI is InChI=1S/C30H34BrN5O2/c1-19-13-14-35(29(37)38-30(3,4)5)18-25(19)33-28-32-16-20(2)27(34-28)24-17-36(22-9-7-6-8-10-22)26-15-21(31)11-12-23(24)26/h6-12,15-17,19,25H,13-14,18H2,1-5H3,(H,32,33,34)/t19-,25?/m0/s1. The molecule has 0 saturated carbocycles. The van der Waals surface area contributed by atoms with E-state index >= 15 is 0 Å². The lowest BCUT2D eigenvalue weighted by molar-refractivity contribution is 0.0176. The Balaban J connectivity index is 1.47. The number of hydrogen-bond donors (Lipinski definition) is 1. The molecule has 5 rings (SSSR count). The van der Waals surface area contributed by atoms with Gasteiger partial charge in [-0.25, -0.2) is 14.8 Å². The van der Waals surface area contributed by atoms with E-state index in [0.29, 0.717) is 25.0 Å². The van der Waals surface area contributed by atoms with Gasteiger partial charge in [0.25, 0.3) is 0 Å². The van der Waals surface area contributed by atoms with Crippen molar-refractivity contribution in [1.82, 2.24) is 19.4 Å². The highest BCUT2D eigenvalue weighted by Gasteiger charge is 2.32. The SMILES string of the molecule is Cc1cnc(NC2CN(C(=O)OC(C)(C)C)CC[C@@H]2C)nc1-c1cn(-c2ccccc2)c2cc(Br)ccc12. The number of rotatable bonds is 4. The topological polar surface area (TPSA) is 72.3 Å². The molecule has 2 aromatic heterocycles. The summed E-state index contributed by atoms with van der Waals surface area (Å²) >= 11 is 3.64. The van der Waals surface area contributed by atoms with Gasteiger partial charge in [0, 0.05) is 52.6 Å². The van der Waals surface area contributed by atoms with E-state index in [0.717, 1.165) is 44.3 Å². The molecule has 7 nitrogen and oxygen atoms in total. The summed E-state index contributed by atoms with van der Waals surface area (Å²) in [4.78, 5) is 24.1. The van der Waals surface area contributed by atoms with Crippen molar-refractivity contribution in [2.24, 2.45) is 5.92 Å². The third-order valence-corrected chi connectivity index (χ3v) is 7.45. The Bertz CT molecular complexity index is 1460. The van der Waals surface area contributed by atoms with Crippen molar-refractivity contribution in [1.29, 1.82) is 0 Å². The molecule has 1 aliphatic rings. The summed E-state index contributed by atoms with van der Waals surface area (Å²) < 4.78 is 8.84. The number of nitrogens with zero attached hydrogens (tertiary/aromatic N) is 4. The third kappa shape index (κ3) is 5.55. The first-order valence-corrected chi connectivity index (χ1v) is 13.8. The van der Waals surface area contributed by atoms with Crippen LogP contribution in [-0.4, -0.2) is 50.3 Å². The molecule has 8 heteroatoms. The maximum atomic E-state index is 12.7. The summed E-state index contributed by atoms with van der Waals surface area (Å²) in [7, 11) is 0. The maximum Gasteiger partial charge on any atom is 0.410 e. The van der Waals surface area contributed by atoms with Crippen molar-refractivity contribution >= 4 is 38.9 Å². The minimum absolute atomic E-state index is 0.0217. The lowest BCUT2D eigenvalue weighted by atomic mass is 9.94. The summed E-state index contributed by atoms with van der Waals surface area (Å²) in [6.07, 6.45) is 4.63. The van der Waals surface area contributed by atoms with E-state index in [1.807, 2.05) is 52.1 Å². The summed E-state index contributed by atoms with van der Waals surface area (Å²) in [5.41, 5.74) is 4.60. The molecule has 1 amide bonds. The minimum atomic E-state index is -0.521. The molecule has 4 aromatic rings. The Hall–Kier alpha value is -3.39. The molecule has 0 bridgehead atoms. The smallest absolute Gasteiger partial charge is 0.410 e. The molecule has 0 radical (unpaired) electrons. The highest BCUT2D eigenvalue weighted by Crippen LogP contribution is 2.35.